The van der Waals surface area contributed by atoms with Crippen molar-refractivity contribution in [2.75, 3.05) is 21.3 Å². The topological polar surface area (TPSA) is 102 Å². The van der Waals surface area contributed by atoms with Crippen LogP contribution in [0.5, 0.6) is 17.2 Å². The van der Waals surface area contributed by atoms with Gasteiger partial charge in [-0.3, -0.25) is 4.79 Å². The zero-order valence-corrected chi connectivity index (χ0v) is 19.5. The van der Waals surface area contributed by atoms with Crippen molar-refractivity contribution in [3.8, 4) is 17.2 Å². The van der Waals surface area contributed by atoms with Crippen molar-refractivity contribution in [3.63, 3.8) is 0 Å². The number of ether oxygens (including phenoxy) is 4. The molecule has 0 aliphatic carbocycles. The van der Waals surface area contributed by atoms with E-state index in [0.29, 0.717) is 40.6 Å². The Morgan fingerprint density at radius 1 is 1.03 bits per heavy atom. The van der Waals surface area contributed by atoms with Crippen LogP contribution in [0.1, 0.15) is 28.3 Å². The summed E-state index contributed by atoms with van der Waals surface area (Å²) in [7, 11) is 4.30. The molecule has 8 heteroatoms. The SMILES string of the molecule is COC(=O)C1=C(N)Oc2cc(C)n(Cc3ccccc3)c(=O)c2[C@@H]1c1ccc(OC)c(OC)c1. The van der Waals surface area contributed by atoms with Gasteiger partial charge in [-0.15, -0.1) is 0 Å². The van der Waals surface area contributed by atoms with Crippen LogP contribution >= 0.6 is 0 Å². The molecule has 0 radical (unpaired) electrons. The molecule has 0 unspecified atom stereocenters. The summed E-state index contributed by atoms with van der Waals surface area (Å²) in [6.07, 6.45) is 0. The Kier molecular flexibility index (Phi) is 6.32. The number of pyridine rings is 1. The Labute approximate surface area is 197 Å². The highest BCUT2D eigenvalue weighted by Crippen LogP contribution is 2.43. The second kappa shape index (κ2) is 9.35. The lowest BCUT2D eigenvalue weighted by molar-refractivity contribution is -0.136. The summed E-state index contributed by atoms with van der Waals surface area (Å²) in [5, 5.41) is 0. The van der Waals surface area contributed by atoms with Crippen LogP contribution < -0.4 is 25.5 Å². The summed E-state index contributed by atoms with van der Waals surface area (Å²) in [4.78, 5) is 26.7. The van der Waals surface area contributed by atoms with Crippen LogP contribution in [-0.4, -0.2) is 31.9 Å². The van der Waals surface area contributed by atoms with Gasteiger partial charge in [-0.1, -0.05) is 36.4 Å². The molecule has 0 amide bonds. The molecule has 34 heavy (non-hydrogen) atoms. The molecule has 176 valence electrons. The van der Waals surface area contributed by atoms with Gasteiger partial charge in [0, 0.05) is 11.8 Å². The van der Waals surface area contributed by atoms with Gasteiger partial charge in [0.05, 0.1) is 39.4 Å². The minimum absolute atomic E-state index is 0.0504. The molecule has 0 spiro atoms. The third kappa shape index (κ3) is 3.98. The van der Waals surface area contributed by atoms with Gasteiger partial charge in [0.1, 0.15) is 11.3 Å². The fourth-order valence-electron chi connectivity index (χ4n) is 4.22. The van der Waals surface area contributed by atoms with Crippen LogP contribution in [0.3, 0.4) is 0 Å². The fraction of sp³-hybridized carbons (Fsp3) is 0.231. The average molecular weight is 463 g/mol. The maximum Gasteiger partial charge on any atom is 0.340 e. The van der Waals surface area contributed by atoms with Gasteiger partial charge in [-0.25, -0.2) is 4.79 Å². The van der Waals surface area contributed by atoms with Crippen molar-refractivity contribution in [2.45, 2.75) is 19.4 Å². The molecule has 0 saturated carbocycles. The van der Waals surface area contributed by atoms with Gasteiger partial charge in [0.15, 0.2) is 11.5 Å². The number of benzene rings is 2. The number of carbonyl (C=O) groups excluding carboxylic acids is 1. The number of nitrogens with zero attached hydrogens (tertiary/aromatic N) is 1. The fourth-order valence-corrected chi connectivity index (χ4v) is 4.22. The van der Waals surface area contributed by atoms with Crippen molar-refractivity contribution in [2.24, 2.45) is 5.73 Å². The van der Waals surface area contributed by atoms with Crippen LogP contribution in [0.4, 0.5) is 0 Å². The highest BCUT2D eigenvalue weighted by Gasteiger charge is 2.38. The molecule has 8 nitrogen and oxygen atoms in total. The maximum atomic E-state index is 13.9. The number of carbonyl (C=O) groups is 1. The quantitative estimate of drug-likeness (QED) is 0.562. The molecule has 0 saturated heterocycles. The van der Waals surface area contributed by atoms with E-state index in [1.807, 2.05) is 37.3 Å². The Morgan fingerprint density at radius 2 is 1.74 bits per heavy atom. The van der Waals surface area contributed by atoms with Crippen LogP contribution in [0.25, 0.3) is 0 Å². The van der Waals surface area contributed by atoms with E-state index in [1.54, 1.807) is 28.8 Å². The smallest absolute Gasteiger partial charge is 0.340 e. The minimum Gasteiger partial charge on any atom is -0.493 e. The molecule has 1 aliphatic heterocycles. The largest absolute Gasteiger partial charge is 0.493 e. The van der Waals surface area contributed by atoms with Crippen molar-refractivity contribution in [1.29, 1.82) is 0 Å². The molecule has 2 heterocycles. The molecule has 4 rings (SSSR count). The number of hydrogen-bond acceptors (Lipinski definition) is 7. The number of rotatable bonds is 6. The standard InChI is InChI=1S/C26H26N2O6/c1-15-12-20-22(25(29)28(15)14-16-8-6-5-7-9-16)21(23(24(27)34-20)26(30)33-4)17-10-11-18(31-2)19(13-17)32-3/h5-13,21H,14,27H2,1-4H3/t21-/m0/s1. The first-order chi connectivity index (χ1) is 16.4. The van der Waals surface area contributed by atoms with Crippen molar-refractivity contribution in [1.82, 2.24) is 4.57 Å². The molecule has 1 atom stereocenters. The molecule has 0 bridgehead atoms. The molecule has 1 aromatic heterocycles. The van der Waals surface area contributed by atoms with E-state index >= 15 is 0 Å². The lowest BCUT2D eigenvalue weighted by Crippen LogP contribution is -2.35. The zero-order valence-electron chi connectivity index (χ0n) is 19.5. The molecule has 0 fully saturated rings. The number of esters is 1. The van der Waals surface area contributed by atoms with E-state index in [1.165, 1.54) is 21.3 Å². The highest BCUT2D eigenvalue weighted by molar-refractivity contribution is 5.92. The second-order valence-electron chi connectivity index (χ2n) is 7.86. The summed E-state index contributed by atoms with van der Waals surface area (Å²) in [6, 6.07) is 16.6. The van der Waals surface area contributed by atoms with Crippen molar-refractivity contribution >= 4 is 5.97 Å². The maximum absolute atomic E-state index is 13.9. The number of aromatic nitrogens is 1. The van der Waals surface area contributed by atoms with Gasteiger partial charge in [0.25, 0.3) is 5.56 Å². The van der Waals surface area contributed by atoms with Gasteiger partial charge < -0.3 is 29.2 Å². The predicted molar refractivity (Wildman–Crippen MR) is 126 cm³/mol. The summed E-state index contributed by atoms with van der Waals surface area (Å²) in [5.74, 6) is -0.354. The summed E-state index contributed by atoms with van der Waals surface area (Å²) < 4.78 is 23.2. The molecule has 3 aromatic rings. The Hall–Kier alpha value is -4.20. The van der Waals surface area contributed by atoms with Gasteiger partial charge in [-0.05, 0) is 30.2 Å². The van der Waals surface area contributed by atoms with Crippen LogP contribution in [0, 0.1) is 6.92 Å². The number of methoxy groups -OCH3 is 3. The molecular formula is C26H26N2O6. The van der Waals surface area contributed by atoms with E-state index < -0.39 is 11.9 Å². The minimum atomic E-state index is -0.828. The summed E-state index contributed by atoms with van der Waals surface area (Å²) in [5.41, 5.74) is 8.52. The number of hydrogen-bond donors (Lipinski definition) is 1. The van der Waals surface area contributed by atoms with Crippen LogP contribution in [0.2, 0.25) is 0 Å². The highest BCUT2D eigenvalue weighted by atomic mass is 16.5. The second-order valence-corrected chi connectivity index (χ2v) is 7.86. The average Bonchev–Trinajstić information content (AvgIpc) is 2.85. The van der Waals surface area contributed by atoms with E-state index in [2.05, 4.69) is 0 Å². The lowest BCUT2D eigenvalue weighted by atomic mass is 9.83. The van der Waals surface area contributed by atoms with E-state index in [4.69, 9.17) is 24.7 Å². The first-order valence-electron chi connectivity index (χ1n) is 10.7. The van der Waals surface area contributed by atoms with Crippen LogP contribution in [-0.2, 0) is 16.1 Å². The van der Waals surface area contributed by atoms with Crippen molar-refractivity contribution < 1.29 is 23.7 Å². The Morgan fingerprint density at radius 3 is 2.38 bits per heavy atom. The summed E-state index contributed by atoms with van der Waals surface area (Å²) >= 11 is 0. The van der Waals surface area contributed by atoms with Crippen LogP contribution in [0.15, 0.2) is 70.8 Å². The molecular weight excluding hydrogens is 436 g/mol. The molecule has 1 aliphatic rings. The summed E-state index contributed by atoms with van der Waals surface area (Å²) in [6.45, 7) is 2.19. The van der Waals surface area contributed by atoms with Crippen molar-refractivity contribution in [3.05, 3.63) is 98.8 Å². The van der Waals surface area contributed by atoms with E-state index in [-0.39, 0.29) is 17.0 Å². The van der Waals surface area contributed by atoms with E-state index in [0.717, 1.165) is 5.56 Å². The normalized spacial score (nSPS) is 14.8. The molecule has 2 aromatic carbocycles. The number of nitrogens with two attached hydrogens (primary N) is 1. The van der Waals surface area contributed by atoms with Gasteiger partial charge in [0.2, 0.25) is 5.88 Å². The first kappa shape index (κ1) is 23.0. The Balaban J connectivity index is 1.96. The monoisotopic (exact) mass is 462 g/mol. The van der Waals surface area contributed by atoms with Gasteiger partial charge in [-0.2, -0.15) is 0 Å². The lowest BCUT2D eigenvalue weighted by Gasteiger charge is -2.29. The third-order valence-corrected chi connectivity index (χ3v) is 5.90. The number of fused-ring (bicyclic) bond motifs is 1. The zero-order chi connectivity index (χ0) is 24.4. The Bertz CT molecular complexity index is 1330. The number of aryl methyl sites for hydroxylation is 1. The first-order valence-corrected chi connectivity index (χ1v) is 10.7. The third-order valence-electron chi connectivity index (χ3n) is 5.90. The molecule has 2 N–H and O–H groups in total. The van der Waals surface area contributed by atoms with E-state index in [9.17, 15) is 9.59 Å². The predicted octanol–water partition coefficient (Wildman–Crippen LogP) is 3.09. The van der Waals surface area contributed by atoms with Gasteiger partial charge >= 0.3 is 5.97 Å².